The lowest BCUT2D eigenvalue weighted by molar-refractivity contribution is 0.474. The van der Waals surface area contributed by atoms with Crippen molar-refractivity contribution in [1.82, 2.24) is 0 Å². The van der Waals surface area contributed by atoms with Gasteiger partial charge in [0, 0.05) is 6.04 Å². The van der Waals surface area contributed by atoms with E-state index in [9.17, 15) is 10.2 Å². The van der Waals surface area contributed by atoms with E-state index in [0.29, 0.717) is 6.42 Å². The predicted molar refractivity (Wildman–Crippen MR) is 66.8 cm³/mol. The van der Waals surface area contributed by atoms with Gasteiger partial charge in [0.15, 0.2) is 0 Å². The van der Waals surface area contributed by atoms with E-state index in [0.717, 1.165) is 11.1 Å². The molecule has 0 radical (unpaired) electrons. The first-order chi connectivity index (χ1) is 8.15. The molecule has 0 saturated carbocycles. The monoisotopic (exact) mass is 229 g/mol. The zero-order valence-electron chi connectivity index (χ0n) is 9.38. The van der Waals surface area contributed by atoms with Gasteiger partial charge in [0.25, 0.3) is 0 Å². The molecule has 0 aliphatic rings. The van der Waals surface area contributed by atoms with Gasteiger partial charge in [-0.25, -0.2) is 0 Å². The summed E-state index contributed by atoms with van der Waals surface area (Å²) in [5, 5.41) is 18.4. The first-order valence-electron chi connectivity index (χ1n) is 5.47. The fraction of sp³-hybridized carbons (Fsp3) is 0.143. The molecule has 2 aromatic carbocycles. The number of benzene rings is 2. The van der Waals surface area contributed by atoms with E-state index < -0.39 is 0 Å². The molecule has 0 amide bonds. The van der Waals surface area contributed by atoms with Crippen LogP contribution in [0, 0.1) is 0 Å². The first kappa shape index (κ1) is 11.5. The van der Waals surface area contributed by atoms with Crippen molar-refractivity contribution in [2.45, 2.75) is 12.5 Å². The van der Waals surface area contributed by atoms with Crippen LogP contribution in [-0.2, 0) is 6.42 Å². The number of hydrogen-bond donors (Lipinski definition) is 3. The Morgan fingerprint density at radius 2 is 1.29 bits per heavy atom. The second-order valence-electron chi connectivity index (χ2n) is 4.07. The van der Waals surface area contributed by atoms with E-state index in [-0.39, 0.29) is 17.5 Å². The van der Waals surface area contributed by atoms with Crippen LogP contribution in [0.3, 0.4) is 0 Å². The highest BCUT2D eigenvalue weighted by Crippen LogP contribution is 2.19. The Bertz CT molecular complexity index is 477. The standard InChI is InChI=1S/C14H15NO2/c15-14(11-3-7-13(17)8-4-11)9-10-1-5-12(16)6-2-10/h1-8,14,16-17H,9,15H2/t14-/m0/s1. The molecule has 0 aromatic heterocycles. The van der Waals surface area contributed by atoms with Crippen molar-refractivity contribution in [1.29, 1.82) is 0 Å². The van der Waals surface area contributed by atoms with Crippen molar-refractivity contribution in [3.8, 4) is 11.5 Å². The van der Waals surface area contributed by atoms with Crippen LogP contribution in [-0.4, -0.2) is 10.2 Å². The molecular weight excluding hydrogens is 214 g/mol. The molecule has 0 fully saturated rings. The smallest absolute Gasteiger partial charge is 0.115 e. The normalized spacial score (nSPS) is 12.3. The number of aromatic hydroxyl groups is 2. The van der Waals surface area contributed by atoms with Crippen LogP contribution < -0.4 is 5.73 Å². The second kappa shape index (κ2) is 4.89. The molecule has 3 heteroatoms. The Morgan fingerprint density at radius 3 is 1.82 bits per heavy atom. The summed E-state index contributed by atoms with van der Waals surface area (Å²) in [5.41, 5.74) is 8.13. The minimum absolute atomic E-state index is 0.111. The lowest BCUT2D eigenvalue weighted by atomic mass is 10.00. The largest absolute Gasteiger partial charge is 0.508 e. The van der Waals surface area contributed by atoms with Gasteiger partial charge in [0.2, 0.25) is 0 Å². The molecule has 0 spiro atoms. The summed E-state index contributed by atoms with van der Waals surface area (Å²) in [7, 11) is 0. The van der Waals surface area contributed by atoms with Crippen LogP contribution >= 0.6 is 0 Å². The van der Waals surface area contributed by atoms with Gasteiger partial charge in [-0.15, -0.1) is 0 Å². The Labute approximate surface area is 100 Å². The summed E-state index contributed by atoms with van der Waals surface area (Å²) in [4.78, 5) is 0. The fourth-order valence-corrected chi connectivity index (χ4v) is 1.73. The third kappa shape index (κ3) is 2.98. The van der Waals surface area contributed by atoms with Gasteiger partial charge in [-0.3, -0.25) is 0 Å². The number of rotatable bonds is 3. The highest BCUT2D eigenvalue weighted by atomic mass is 16.3. The van der Waals surface area contributed by atoms with Gasteiger partial charge >= 0.3 is 0 Å². The third-order valence-corrected chi connectivity index (χ3v) is 2.71. The molecule has 0 aliphatic heterocycles. The number of phenols is 2. The maximum absolute atomic E-state index is 9.19. The molecule has 0 bridgehead atoms. The van der Waals surface area contributed by atoms with Crippen molar-refractivity contribution in [3.05, 3.63) is 59.7 Å². The van der Waals surface area contributed by atoms with E-state index >= 15 is 0 Å². The number of nitrogens with two attached hydrogens (primary N) is 1. The van der Waals surface area contributed by atoms with Gasteiger partial charge in [0.05, 0.1) is 0 Å². The fourth-order valence-electron chi connectivity index (χ4n) is 1.73. The quantitative estimate of drug-likeness (QED) is 0.756. The summed E-state index contributed by atoms with van der Waals surface area (Å²) in [6, 6.07) is 13.8. The molecule has 2 aromatic rings. The van der Waals surface area contributed by atoms with Gasteiger partial charge in [-0.2, -0.15) is 0 Å². The van der Waals surface area contributed by atoms with Crippen LogP contribution in [0.1, 0.15) is 17.2 Å². The van der Waals surface area contributed by atoms with Crippen LogP contribution in [0.2, 0.25) is 0 Å². The SMILES string of the molecule is N[C@@H](Cc1ccc(O)cc1)c1ccc(O)cc1. The minimum atomic E-state index is -0.111. The third-order valence-electron chi connectivity index (χ3n) is 2.71. The zero-order valence-corrected chi connectivity index (χ0v) is 9.38. The maximum Gasteiger partial charge on any atom is 0.115 e. The van der Waals surface area contributed by atoms with Crippen molar-refractivity contribution in [2.24, 2.45) is 5.73 Å². The van der Waals surface area contributed by atoms with E-state index in [1.54, 1.807) is 24.3 Å². The molecule has 2 rings (SSSR count). The van der Waals surface area contributed by atoms with Gasteiger partial charge in [-0.1, -0.05) is 24.3 Å². The Balaban J connectivity index is 2.08. The Hall–Kier alpha value is -2.00. The van der Waals surface area contributed by atoms with Crippen molar-refractivity contribution in [2.75, 3.05) is 0 Å². The predicted octanol–water partition coefficient (Wildman–Crippen LogP) is 2.34. The highest BCUT2D eigenvalue weighted by Gasteiger charge is 2.07. The van der Waals surface area contributed by atoms with Gasteiger partial charge in [-0.05, 0) is 41.8 Å². The molecule has 3 nitrogen and oxygen atoms in total. The average Bonchev–Trinajstić information content (AvgIpc) is 2.33. The summed E-state index contributed by atoms with van der Waals surface area (Å²) in [6.07, 6.45) is 0.699. The molecule has 88 valence electrons. The first-order valence-corrected chi connectivity index (χ1v) is 5.47. The molecule has 0 aliphatic carbocycles. The Kier molecular flexibility index (Phi) is 3.30. The van der Waals surface area contributed by atoms with E-state index in [2.05, 4.69) is 0 Å². The van der Waals surface area contributed by atoms with Crippen molar-refractivity contribution in [3.63, 3.8) is 0 Å². The van der Waals surface area contributed by atoms with E-state index in [4.69, 9.17) is 5.73 Å². The average molecular weight is 229 g/mol. The Morgan fingerprint density at radius 1 is 0.824 bits per heavy atom. The van der Waals surface area contributed by atoms with Crippen LogP contribution in [0.5, 0.6) is 11.5 Å². The molecular formula is C14H15NO2. The van der Waals surface area contributed by atoms with Crippen molar-refractivity contribution >= 4 is 0 Å². The summed E-state index contributed by atoms with van der Waals surface area (Å²) >= 11 is 0. The molecule has 0 saturated heterocycles. The second-order valence-corrected chi connectivity index (χ2v) is 4.07. The van der Waals surface area contributed by atoms with E-state index in [1.807, 2.05) is 24.3 Å². The lowest BCUT2D eigenvalue weighted by Gasteiger charge is -2.12. The van der Waals surface area contributed by atoms with Gasteiger partial charge < -0.3 is 15.9 Å². The minimum Gasteiger partial charge on any atom is -0.508 e. The molecule has 1 atom stereocenters. The number of phenolic OH excluding ortho intramolecular Hbond substituents is 2. The molecule has 0 heterocycles. The van der Waals surface area contributed by atoms with Crippen LogP contribution in [0.4, 0.5) is 0 Å². The highest BCUT2D eigenvalue weighted by molar-refractivity contribution is 5.31. The van der Waals surface area contributed by atoms with Crippen LogP contribution in [0.25, 0.3) is 0 Å². The lowest BCUT2D eigenvalue weighted by Crippen LogP contribution is -2.13. The summed E-state index contributed by atoms with van der Waals surface area (Å²) < 4.78 is 0. The zero-order chi connectivity index (χ0) is 12.3. The molecule has 17 heavy (non-hydrogen) atoms. The molecule has 0 unspecified atom stereocenters. The maximum atomic E-state index is 9.19. The molecule has 4 N–H and O–H groups in total. The summed E-state index contributed by atoms with van der Waals surface area (Å²) in [6.45, 7) is 0. The summed E-state index contributed by atoms with van der Waals surface area (Å²) in [5.74, 6) is 0.498. The van der Waals surface area contributed by atoms with E-state index in [1.165, 1.54) is 0 Å². The van der Waals surface area contributed by atoms with Gasteiger partial charge in [0.1, 0.15) is 11.5 Å². The number of hydrogen-bond acceptors (Lipinski definition) is 3. The topological polar surface area (TPSA) is 66.5 Å². The van der Waals surface area contributed by atoms with Crippen LogP contribution in [0.15, 0.2) is 48.5 Å². The van der Waals surface area contributed by atoms with Crippen molar-refractivity contribution < 1.29 is 10.2 Å².